The number of halogens is 1. The average Bonchev–Trinajstić information content (AvgIpc) is 2.59. The quantitative estimate of drug-likeness (QED) is 0.846. The van der Waals surface area contributed by atoms with Gasteiger partial charge in [0.2, 0.25) is 6.10 Å². The maximum Gasteiger partial charge on any atom is 0.296 e. The number of rotatable bonds is 1. The predicted octanol–water partition coefficient (Wildman–Crippen LogP) is 1.52. The summed E-state index contributed by atoms with van der Waals surface area (Å²) in [5, 5.41) is 0. The fourth-order valence-corrected chi connectivity index (χ4v) is 2.55. The summed E-state index contributed by atoms with van der Waals surface area (Å²) in [6.07, 6.45) is -0.000733. The molecule has 7 heteroatoms. The second kappa shape index (κ2) is 4.73. The zero-order chi connectivity index (χ0) is 13.4. The van der Waals surface area contributed by atoms with E-state index < -0.39 is 12.0 Å². The largest absolute Gasteiger partial charge is 0.490 e. The number of hydrogen-bond acceptors (Lipinski definition) is 5. The molecule has 0 radical (unpaired) electrons. The molecule has 0 aliphatic carbocycles. The molecule has 0 saturated heterocycles. The molecular weight excluding hydrogens is 316 g/mol. The molecule has 0 aromatic heterocycles. The fourth-order valence-electron chi connectivity index (χ4n) is 1.98. The highest BCUT2D eigenvalue weighted by Crippen LogP contribution is 2.40. The Morgan fingerprint density at radius 3 is 2.84 bits per heavy atom. The molecule has 1 aromatic rings. The third-order valence-corrected chi connectivity index (χ3v) is 3.40. The number of amidine groups is 1. The summed E-state index contributed by atoms with van der Waals surface area (Å²) in [4.78, 5) is 15.2. The molecule has 1 unspecified atom stereocenters. The van der Waals surface area contributed by atoms with Gasteiger partial charge in [0.05, 0.1) is 17.7 Å². The molecule has 2 heterocycles. The van der Waals surface area contributed by atoms with Gasteiger partial charge in [0.1, 0.15) is 0 Å². The SMILES string of the molecule is NC1=NC(=O)C(c2cc(Br)c3c(c2)OCCCO3)O1. The van der Waals surface area contributed by atoms with E-state index in [-0.39, 0.29) is 6.02 Å². The van der Waals surface area contributed by atoms with E-state index in [0.29, 0.717) is 34.7 Å². The molecule has 0 saturated carbocycles. The lowest BCUT2D eigenvalue weighted by Gasteiger charge is -2.14. The Morgan fingerprint density at radius 1 is 1.32 bits per heavy atom. The van der Waals surface area contributed by atoms with Crippen molar-refractivity contribution in [2.24, 2.45) is 10.7 Å². The highest BCUT2D eigenvalue weighted by Gasteiger charge is 2.31. The molecule has 0 fully saturated rings. The first-order chi connectivity index (χ1) is 9.15. The number of aliphatic imine (C=N–C) groups is 1. The predicted molar refractivity (Wildman–Crippen MR) is 70.2 cm³/mol. The van der Waals surface area contributed by atoms with Crippen molar-refractivity contribution in [3.8, 4) is 11.5 Å². The maximum atomic E-state index is 11.7. The molecule has 3 rings (SSSR count). The molecule has 2 aliphatic rings. The number of nitrogens with two attached hydrogens (primary N) is 1. The van der Waals surface area contributed by atoms with Crippen LogP contribution in [0.25, 0.3) is 0 Å². The molecule has 19 heavy (non-hydrogen) atoms. The first-order valence-corrected chi connectivity index (χ1v) is 6.58. The smallest absolute Gasteiger partial charge is 0.296 e. The molecule has 0 bridgehead atoms. The van der Waals surface area contributed by atoms with Crippen molar-refractivity contribution < 1.29 is 19.0 Å². The standard InChI is InChI=1S/C12H11BrN2O4/c13-7-4-6(9-11(16)15-12(14)19-9)5-8-10(7)18-3-1-2-17-8/h4-5,9H,1-3H2,(H2,14,15,16). The van der Waals surface area contributed by atoms with Crippen molar-refractivity contribution >= 4 is 27.9 Å². The van der Waals surface area contributed by atoms with E-state index in [9.17, 15) is 4.79 Å². The van der Waals surface area contributed by atoms with Gasteiger partial charge in [0.15, 0.2) is 11.5 Å². The van der Waals surface area contributed by atoms with Crippen LogP contribution in [0.4, 0.5) is 0 Å². The molecule has 1 amide bonds. The van der Waals surface area contributed by atoms with Crippen LogP contribution in [0.15, 0.2) is 21.6 Å². The van der Waals surface area contributed by atoms with Gasteiger partial charge in [-0.2, -0.15) is 4.99 Å². The van der Waals surface area contributed by atoms with Gasteiger partial charge >= 0.3 is 0 Å². The Hall–Kier alpha value is -1.76. The van der Waals surface area contributed by atoms with Crippen molar-refractivity contribution in [1.29, 1.82) is 0 Å². The van der Waals surface area contributed by atoms with Gasteiger partial charge in [0, 0.05) is 12.0 Å². The molecule has 100 valence electrons. The van der Waals surface area contributed by atoms with Crippen molar-refractivity contribution in [3.63, 3.8) is 0 Å². The Bertz CT molecular complexity index is 573. The van der Waals surface area contributed by atoms with E-state index in [2.05, 4.69) is 20.9 Å². The van der Waals surface area contributed by atoms with Crippen LogP contribution in [0.2, 0.25) is 0 Å². The lowest BCUT2D eigenvalue weighted by molar-refractivity contribution is -0.122. The zero-order valence-electron chi connectivity index (χ0n) is 9.89. The number of hydrogen-bond donors (Lipinski definition) is 1. The summed E-state index contributed by atoms with van der Waals surface area (Å²) in [6, 6.07) is 3.37. The zero-order valence-corrected chi connectivity index (χ0v) is 11.5. The molecule has 1 aromatic carbocycles. The highest BCUT2D eigenvalue weighted by molar-refractivity contribution is 9.10. The Morgan fingerprint density at radius 2 is 2.11 bits per heavy atom. The second-order valence-electron chi connectivity index (χ2n) is 4.17. The number of ether oxygens (including phenoxy) is 3. The minimum absolute atomic E-state index is 0.113. The summed E-state index contributed by atoms with van der Waals surface area (Å²) in [7, 11) is 0. The van der Waals surface area contributed by atoms with Gasteiger partial charge in [-0.1, -0.05) is 0 Å². The van der Waals surface area contributed by atoms with Crippen LogP contribution >= 0.6 is 15.9 Å². The molecular formula is C12H11BrN2O4. The van der Waals surface area contributed by atoms with Gasteiger partial charge in [-0.15, -0.1) is 0 Å². The summed E-state index contributed by atoms with van der Waals surface area (Å²) >= 11 is 3.41. The van der Waals surface area contributed by atoms with E-state index >= 15 is 0 Å². The van der Waals surface area contributed by atoms with Gasteiger partial charge < -0.3 is 19.9 Å². The third-order valence-electron chi connectivity index (χ3n) is 2.81. The number of carbonyl (C=O) groups is 1. The van der Waals surface area contributed by atoms with Crippen molar-refractivity contribution in [3.05, 3.63) is 22.2 Å². The summed E-state index contributed by atoms with van der Waals surface area (Å²) < 4.78 is 17.1. The topological polar surface area (TPSA) is 83.1 Å². The summed E-state index contributed by atoms with van der Waals surface area (Å²) in [5.74, 6) is 0.809. The van der Waals surface area contributed by atoms with Crippen LogP contribution < -0.4 is 15.2 Å². The number of nitrogens with zero attached hydrogens (tertiary/aromatic N) is 1. The van der Waals surface area contributed by atoms with Gasteiger partial charge in [-0.3, -0.25) is 4.79 Å². The number of fused-ring (bicyclic) bond motifs is 1. The first kappa shape index (κ1) is 12.3. The fraction of sp³-hybridized carbons (Fsp3) is 0.333. The van der Waals surface area contributed by atoms with Crippen LogP contribution in [0.1, 0.15) is 18.1 Å². The lowest BCUT2D eigenvalue weighted by Crippen LogP contribution is -2.14. The first-order valence-electron chi connectivity index (χ1n) is 5.79. The van der Waals surface area contributed by atoms with Gasteiger partial charge in [0.25, 0.3) is 11.9 Å². The van der Waals surface area contributed by atoms with E-state index in [1.165, 1.54) is 0 Å². The van der Waals surface area contributed by atoms with E-state index in [1.807, 2.05) is 0 Å². The third kappa shape index (κ3) is 2.25. The van der Waals surface area contributed by atoms with Crippen molar-refractivity contribution in [1.82, 2.24) is 0 Å². The van der Waals surface area contributed by atoms with Crippen LogP contribution in [0.5, 0.6) is 11.5 Å². The maximum absolute atomic E-state index is 11.7. The van der Waals surface area contributed by atoms with E-state index in [4.69, 9.17) is 19.9 Å². The lowest BCUT2D eigenvalue weighted by atomic mass is 10.1. The van der Waals surface area contributed by atoms with Crippen molar-refractivity contribution in [2.75, 3.05) is 13.2 Å². The van der Waals surface area contributed by atoms with Crippen LogP contribution in [-0.4, -0.2) is 25.1 Å². The molecule has 2 aliphatic heterocycles. The Kier molecular flexibility index (Phi) is 3.06. The monoisotopic (exact) mass is 326 g/mol. The average molecular weight is 327 g/mol. The number of carbonyl (C=O) groups excluding carboxylic acids is 1. The normalized spacial score (nSPS) is 21.6. The molecule has 6 nitrogen and oxygen atoms in total. The molecule has 1 atom stereocenters. The molecule has 2 N–H and O–H groups in total. The van der Waals surface area contributed by atoms with E-state index in [0.717, 1.165) is 6.42 Å². The second-order valence-corrected chi connectivity index (χ2v) is 5.02. The highest BCUT2D eigenvalue weighted by atomic mass is 79.9. The van der Waals surface area contributed by atoms with Crippen LogP contribution in [-0.2, 0) is 9.53 Å². The van der Waals surface area contributed by atoms with E-state index in [1.54, 1.807) is 12.1 Å². The Labute approximate surface area is 117 Å². The van der Waals surface area contributed by atoms with Crippen molar-refractivity contribution in [2.45, 2.75) is 12.5 Å². The minimum Gasteiger partial charge on any atom is -0.490 e. The van der Waals surface area contributed by atoms with Gasteiger partial charge in [-0.05, 0) is 28.1 Å². The summed E-state index contributed by atoms with van der Waals surface area (Å²) in [6.45, 7) is 1.17. The Balaban J connectivity index is 1.98. The van der Waals surface area contributed by atoms with Gasteiger partial charge in [-0.25, -0.2) is 0 Å². The minimum atomic E-state index is -0.812. The molecule has 0 spiro atoms. The van der Waals surface area contributed by atoms with Crippen LogP contribution in [0.3, 0.4) is 0 Å². The number of benzene rings is 1. The number of amides is 1. The summed E-state index contributed by atoms with van der Waals surface area (Å²) in [5.41, 5.74) is 6.02. The van der Waals surface area contributed by atoms with Crippen LogP contribution in [0, 0.1) is 0 Å².